The molecule has 2 aliphatic heterocycles. The highest BCUT2D eigenvalue weighted by Gasteiger charge is 2.36. The van der Waals surface area contributed by atoms with Gasteiger partial charge in [0, 0.05) is 17.9 Å². The number of piperidine rings is 1. The molecule has 1 amide bonds. The van der Waals surface area contributed by atoms with Gasteiger partial charge in [-0.05, 0) is 56.5 Å². The van der Waals surface area contributed by atoms with Gasteiger partial charge in [-0.1, -0.05) is 25.3 Å². The molecule has 0 spiro atoms. The lowest BCUT2D eigenvalue weighted by Gasteiger charge is -2.38. The molecule has 25 heavy (non-hydrogen) atoms. The van der Waals surface area contributed by atoms with Gasteiger partial charge < -0.3 is 20.1 Å². The Balaban J connectivity index is 1.50. The largest absolute Gasteiger partial charge is 0.454 e. The number of hydrogen-bond acceptors (Lipinski definition) is 4. The lowest BCUT2D eigenvalue weighted by Crippen LogP contribution is -2.45. The van der Waals surface area contributed by atoms with Crippen LogP contribution in [-0.2, 0) is 10.2 Å². The molecule has 5 heteroatoms. The van der Waals surface area contributed by atoms with E-state index in [1.807, 2.05) is 6.07 Å². The number of nitrogens with one attached hydrogen (secondary N) is 2. The van der Waals surface area contributed by atoms with Crippen LogP contribution < -0.4 is 20.1 Å². The predicted molar refractivity (Wildman–Crippen MR) is 95.9 cm³/mol. The minimum atomic E-state index is 0.0296. The van der Waals surface area contributed by atoms with Crippen LogP contribution in [0.5, 0.6) is 11.5 Å². The van der Waals surface area contributed by atoms with Crippen LogP contribution in [0.25, 0.3) is 0 Å². The molecule has 0 bridgehead atoms. The Hall–Kier alpha value is -1.75. The predicted octanol–water partition coefficient (Wildman–Crippen LogP) is 2.73. The van der Waals surface area contributed by atoms with E-state index in [2.05, 4.69) is 22.8 Å². The Bertz CT molecular complexity index is 619. The summed E-state index contributed by atoms with van der Waals surface area (Å²) in [5, 5.41) is 6.62. The minimum absolute atomic E-state index is 0.0296. The van der Waals surface area contributed by atoms with Gasteiger partial charge in [0.25, 0.3) is 0 Å². The van der Waals surface area contributed by atoms with E-state index >= 15 is 0 Å². The van der Waals surface area contributed by atoms with E-state index in [9.17, 15) is 4.79 Å². The fourth-order valence-corrected chi connectivity index (χ4v) is 4.51. The van der Waals surface area contributed by atoms with Crippen LogP contribution in [-0.4, -0.2) is 32.3 Å². The Kier molecular flexibility index (Phi) is 4.84. The summed E-state index contributed by atoms with van der Waals surface area (Å²) in [4.78, 5) is 12.6. The van der Waals surface area contributed by atoms with E-state index in [0.29, 0.717) is 6.79 Å². The number of benzene rings is 1. The fraction of sp³-hybridized carbons (Fsp3) is 0.650. The van der Waals surface area contributed by atoms with Gasteiger partial charge in [-0.25, -0.2) is 0 Å². The molecule has 2 heterocycles. The zero-order valence-electron chi connectivity index (χ0n) is 14.8. The highest BCUT2D eigenvalue weighted by Crippen LogP contribution is 2.43. The van der Waals surface area contributed by atoms with E-state index in [0.717, 1.165) is 56.8 Å². The van der Waals surface area contributed by atoms with Gasteiger partial charge in [0.15, 0.2) is 11.5 Å². The van der Waals surface area contributed by atoms with Crippen molar-refractivity contribution in [1.82, 2.24) is 10.6 Å². The van der Waals surface area contributed by atoms with Gasteiger partial charge >= 0.3 is 0 Å². The van der Waals surface area contributed by atoms with Crippen molar-refractivity contribution in [1.29, 1.82) is 0 Å². The second kappa shape index (κ2) is 7.24. The van der Waals surface area contributed by atoms with E-state index in [4.69, 9.17) is 9.47 Å². The normalized spacial score (nSPS) is 22.6. The van der Waals surface area contributed by atoms with Crippen molar-refractivity contribution in [3.8, 4) is 11.5 Å². The first-order chi connectivity index (χ1) is 12.3. The third-order valence-electron chi connectivity index (χ3n) is 6.11. The highest BCUT2D eigenvalue weighted by molar-refractivity contribution is 5.78. The van der Waals surface area contributed by atoms with Crippen LogP contribution in [0.2, 0.25) is 0 Å². The van der Waals surface area contributed by atoms with E-state index in [1.165, 1.54) is 24.8 Å². The summed E-state index contributed by atoms with van der Waals surface area (Å²) >= 11 is 0. The maximum Gasteiger partial charge on any atom is 0.231 e. The van der Waals surface area contributed by atoms with Crippen molar-refractivity contribution in [3.05, 3.63) is 23.8 Å². The van der Waals surface area contributed by atoms with Crippen molar-refractivity contribution in [2.24, 2.45) is 5.92 Å². The maximum atomic E-state index is 12.6. The van der Waals surface area contributed by atoms with Gasteiger partial charge in [0.1, 0.15) is 0 Å². The summed E-state index contributed by atoms with van der Waals surface area (Å²) < 4.78 is 11.0. The highest BCUT2D eigenvalue weighted by atomic mass is 16.7. The van der Waals surface area contributed by atoms with Crippen LogP contribution in [0.4, 0.5) is 0 Å². The van der Waals surface area contributed by atoms with E-state index < -0.39 is 0 Å². The Labute approximate surface area is 149 Å². The second-order valence-electron chi connectivity index (χ2n) is 7.65. The molecule has 0 radical (unpaired) electrons. The molecule has 1 aliphatic carbocycles. The van der Waals surface area contributed by atoms with Crippen molar-refractivity contribution in [3.63, 3.8) is 0 Å². The molecule has 4 rings (SSSR count). The summed E-state index contributed by atoms with van der Waals surface area (Å²) in [7, 11) is 0. The molecule has 1 aromatic rings. The van der Waals surface area contributed by atoms with E-state index in [-0.39, 0.29) is 17.2 Å². The summed E-state index contributed by atoms with van der Waals surface area (Å²) in [6.07, 6.45) is 7.87. The maximum absolute atomic E-state index is 12.6. The molecule has 1 saturated heterocycles. The summed E-state index contributed by atoms with van der Waals surface area (Å²) in [5.74, 6) is 2.06. The first kappa shape index (κ1) is 16.7. The van der Waals surface area contributed by atoms with Gasteiger partial charge in [-0.15, -0.1) is 0 Å². The molecule has 136 valence electrons. The molecular weight excluding hydrogens is 316 g/mol. The van der Waals surface area contributed by atoms with Crippen LogP contribution in [0, 0.1) is 5.92 Å². The van der Waals surface area contributed by atoms with E-state index in [1.54, 1.807) is 0 Å². The first-order valence-corrected chi connectivity index (χ1v) is 9.65. The lowest BCUT2D eigenvalue weighted by atomic mass is 9.69. The van der Waals surface area contributed by atoms with Crippen molar-refractivity contribution in [2.45, 2.75) is 50.4 Å². The molecule has 2 N–H and O–H groups in total. The van der Waals surface area contributed by atoms with Crippen LogP contribution in [0.3, 0.4) is 0 Å². The monoisotopic (exact) mass is 344 g/mol. The number of carbonyl (C=O) groups is 1. The number of fused-ring (bicyclic) bond motifs is 1. The average molecular weight is 344 g/mol. The number of hydrogen-bond donors (Lipinski definition) is 2. The third-order valence-corrected chi connectivity index (χ3v) is 6.11. The SMILES string of the molecule is O=C(NCC1(c2ccc3c(c2)OCO3)CCCCC1)C1CCNCC1. The zero-order chi connectivity index (χ0) is 17.1. The second-order valence-corrected chi connectivity index (χ2v) is 7.65. The van der Waals surface area contributed by atoms with Gasteiger partial charge in [0.05, 0.1) is 0 Å². The lowest BCUT2D eigenvalue weighted by molar-refractivity contribution is -0.126. The van der Waals surface area contributed by atoms with Crippen LogP contribution >= 0.6 is 0 Å². The Morgan fingerprint density at radius 3 is 2.68 bits per heavy atom. The number of ether oxygens (including phenoxy) is 2. The summed E-state index contributed by atoms with van der Waals surface area (Å²) in [5.41, 5.74) is 1.31. The minimum Gasteiger partial charge on any atom is -0.454 e. The van der Waals surface area contributed by atoms with Gasteiger partial charge in [-0.3, -0.25) is 4.79 Å². The number of amides is 1. The molecule has 5 nitrogen and oxygen atoms in total. The van der Waals surface area contributed by atoms with Gasteiger partial charge in [0.2, 0.25) is 12.7 Å². The Morgan fingerprint density at radius 2 is 1.88 bits per heavy atom. The number of carbonyl (C=O) groups excluding carboxylic acids is 1. The molecule has 3 aliphatic rings. The quantitative estimate of drug-likeness (QED) is 0.882. The summed E-state index contributed by atoms with van der Waals surface area (Å²) in [6, 6.07) is 6.31. The molecule has 1 aromatic carbocycles. The number of rotatable bonds is 4. The smallest absolute Gasteiger partial charge is 0.231 e. The first-order valence-electron chi connectivity index (χ1n) is 9.65. The van der Waals surface area contributed by atoms with Crippen molar-refractivity contribution >= 4 is 5.91 Å². The Morgan fingerprint density at radius 1 is 1.12 bits per heavy atom. The van der Waals surface area contributed by atoms with Crippen LogP contribution in [0.1, 0.15) is 50.5 Å². The molecule has 0 atom stereocenters. The average Bonchev–Trinajstić information content (AvgIpc) is 3.15. The standard InChI is InChI=1S/C20H28N2O3/c23-19(15-6-10-21-11-7-15)22-13-20(8-2-1-3-9-20)16-4-5-17-18(12-16)25-14-24-17/h4-5,12,15,21H,1-3,6-11,13-14H2,(H,22,23). The van der Waals surface area contributed by atoms with Crippen molar-refractivity contribution in [2.75, 3.05) is 26.4 Å². The molecule has 1 saturated carbocycles. The molecule has 0 unspecified atom stereocenters. The van der Waals surface area contributed by atoms with Gasteiger partial charge in [-0.2, -0.15) is 0 Å². The summed E-state index contributed by atoms with van der Waals surface area (Å²) in [6.45, 7) is 2.93. The zero-order valence-corrected chi connectivity index (χ0v) is 14.8. The molecule has 0 aromatic heterocycles. The topological polar surface area (TPSA) is 59.6 Å². The third kappa shape index (κ3) is 3.47. The fourth-order valence-electron chi connectivity index (χ4n) is 4.51. The molecular formula is C20H28N2O3. The van der Waals surface area contributed by atoms with Crippen molar-refractivity contribution < 1.29 is 14.3 Å². The van der Waals surface area contributed by atoms with Crippen LogP contribution in [0.15, 0.2) is 18.2 Å². The molecule has 2 fully saturated rings.